The van der Waals surface area contributed by atoms with E-state index in [1.54, 1.807) is 29.2 Å². The second kappa shape index (κ2) is 5.55. The van der Waals surface area contributed by atoms with Gasteiger partial charge >= 0.3 is 5.97 Å². The van der Waals surface area contributed by atoms with Crippen molar-refractivity contribution in [2.24, 2.45) is 0 Å². The van der Waals surface area contributed by atoms with Gasteiger partial charge in [0, 0.05) is 23.1 Å². The molecule has 0 fully saturated rings. The summed E-state index contributed by atoms with van der Waals surface area (Å²) in [6.45, 7) is 0.752. The molecule has 0 spiro atoms. The van der Waals surface area contributed by atoms with E-state index in [1.807, 2.05) is 0 Å². The van der Waals surface area contributed by atoms with Crippen molar-refractivity contribution >= 4 is 23.3 Å². The molecule has 0 unspecified atom stereocenters. The fourth-order valence-electron chi connectivity index (χ4n) is 1.48. The van der Waals surface area contributed by atoms with Crippen LogP contribution in [0.4, 0.5) is 5.69 Å². The Morgan fingerprint density at radius 1 is 1.44 bits per heavy atom. The highest BCUT2D eigenvalue weighted by molar-refractivity contribution is 6.31. The normalized spacial score (nSPS) is 10.3. The highest BCUT2D eigenvalue weighted by atomic mass is 35.5. The fraction of sp³-hybridized carbons (Fsp3) is 0.167. The lowest BCUT2D eigenvalue weighted by Crippen LogP contribution is -2.12. The number of nitrogens with two attached hydrogens (primary N) is 1. The zero-order valence-electron chi connectivity index (χ0n) is 9.54. The minimum absolute atomic E-state index is 0.243. The van der Waals surface area contributed by atoms with Crippen LogP contribution in [0.1, 0.15) is 10.4 Å². The molecule has 1 aromatic heterocycles. The Morgan fingerprint density at radius 3 is 2.94 bits per heavy atom. The number of rotatable bonds is 4. The van der Waals surface area contributed by atoms with E-state index in [-0.39, 0.29) is 6.61 Å². The molecule has 1 heterocycles. The molecule has 0 saturated carbocycles. The van der Waals surface area contributed by atoms with Crippen LogP contribution in [0.3, 0.4) is 0 Å². The lowest BCUT2D eigenvalue weighted by molar-refractivity contribution is 0.0488. The highest BCUT2D eigenvalue weighted by Crippen LogP contribution is 2.17. The van der Waals surface area contributed by atoms with Gasteiger partial charge in [-0.1, -0.05) is 11.6 Å². The highest BCUT2D eigenvalue weighted by Gasteiger charge is 2.08. The molecule has 2 aromatic rings. The predicted octanol–water partition coefficient (Wildman–Crippen LogP) is 1.98. The smallest absolute Gasteiger partial charge is 0.338 e. The minimum Gasteiger partial charge on any atom is -0.460 e. The van der Waals surface area contributed by atoms with Crippen LogP contribution in [-0.4, -0.2) is 22.4 Å². The van der Waals surface area contributed by atoms with Crippen molar-refractivity contribution < 1.29 is 9.53 Å². The molecule has 0 aliphatic heterocycles. The fourth-order valence-corrected chi connectivity index (χ4v) is 1.72. The summed E-state index contributed by atoms with van der Waals surface area (Å²) in [6.07, 6.45) is 3.46. The van der Waals surface area contributed by atoms with Crippen molar-refractivity contribution in [2.45, 2.75) is 6.54 Å². The van der Waals surface area contributed by atoms with Crippen molar-refractivity contribution in [2.75, 3.05) is 12.3 Å². The Bertz CT molecular complexity index is 520. The van der Waals surface area contributed by atoms with Crippen LogP contribution in [0.25, 0.3) is 0 Å². The average Bonchev–Trinajstić information content (AvgIpc) is 2.80. The number of carbonyl (C=O) groups is 1. The summed E-state index contributed by atoms with van der Waals surface area (Å²) in [7, 11) is 0. The lowest BCUT2D eigenvalue weighted by atomic mass is 10.2. The van der Waals surface area contributed by atoms with Crippen LogP contribution >= 0.6 is 11.6 Å². The molecule has 0 saturated heterocycles. The van der Waals surface area contributed by atoms with E-state index in [1.165, 1.54) is 12.1 Å². The number of ether oxygens (including phenoxy) is 1. The third-order valence-corrected chi connectivity index (χ3v) is 2.49. The van der Waals surface area contributed by atoms with Crippen molar-refractivity contribution in [1.29, 1.82) is 0 Å². The van der Waals surface area contributed by atoms with Gasteiger partial charge in [-0.2, -0.15) is 5.10 Å². The van der Waals surface area contributed by atoms with Gasteiger partial charge in [0.25, 0.3) is 0 Å². The molecular weight excluding hydrogens is 254 g/mol. The first-order valence-corrected chi connectivity index (χ1v) is 5.73. The van der Waals surface area contributed by atoms with Crippen molar-refractivity contribution in [3.05, 3.63) is 47.2 Å². The number of benzene rings is 1. The molecule has 0 amide bonds. The maximum absolute atomic E-state index is 11.7. The van der Waals surface area contributed by atoms with Gasteiger partial charge in [0.05, 0.1) is 12.1 Å². The van der Waals surface area contributed by atoms with Gasteiger partial charge in [-0.05, 0) is 24.3 Å². The number of anilines is 1. The Morgan fingerprint density at radius 2 is 2.28 bits per heavy atom. The number of hydrogen-bond acceptors (Lipinski definition) is 4. The SMILES string of the molecule is Nc1cc(Cl)cc(C(=O)OCCn2cccn2)c1. The van der Waals surface area contributed by atoms with Crippen LogP contribution in [0.15, 0.2) is 36.7 Å². The quantitative estimate of drug-likeness (QED) is 0.678. The standard InChI is InChI=1S/C12H12ClN3O2/c13-10-6-9(7-11(14)8-10)12(17)18-5-4-16-3-1-2-15-16/h1-3,6-8H,4-5,14H2. The monoisotopic (exact) mass is 265 g/mol. The molecule has 0 atom stereocenters. The first kappa shape index (κ1) is 12.4. The van der Waals surface area contributed by atoms with Crippen molar-refractivity contribution in [3.63, 3.8) is 0 Å². The van der Waals surface area contributed by atoms with E-state index in [9.17, 15) is 4.79 Å². The number of carbonyl (C=O) groups excluding carboxylic acids is 1. The number of esters is 1. The average molecular weight is 266 g/mol. The summed E-state index contributed by atoms with van der Waals surface area (Å²) in [5, 5.41) is 4.41. The van der Waals surface area contributed by atoms with Crippen LogP contribution < -0.4 is 5.73 Å². The number of aromatic nitrogens is 2. The molecule has 0 aliphatic rings. The molecule has 5 nitrogen and oxygen atoms in total. The van der Waals surface area contributed by atoms with Crippen LogP contribution in [0.5, 0.6) is 0 Å². The molecule has 2 N–H and O–H groups in total. The van der Waals surface area contributed by atoms with Gasteiger partial charge in [0.15, 0.2) is 0 Å². The van der Waals surface area contributed by atoms with E-state index in [4.69, 9.17) is 22.1 Å². The molecule has 0 radical (unpaired) electrons. The number of halogens is 1. The Labute approximate surface area is 109 Å². The summed E-state index contributed by atoms with van der Waals surface area (Å²) in [5.41, 5.74) is 6.38. The molecule has 1 aromatic carbocycles. The maximum atomic E-state index is 11.7. The second-order valence-corrected chi connectivity index (χ2v) is 4.11. The van der Waals surface area contributed by atoms with E-state index in [0.717, 1.165) is 0 Å². The minimum atomic E-state index is -0.448. The summed E-state index contributed by atoms with van der Waals surface area (Å²) >= 11 is 5.81. The van der Waals surface area contributed by atoms with Crippen LogP contribution in [0, 0.1) is 0 Å². The first-order valence-electron chi connectivity index (χ1n) is 5.36. The summed E-state index contributed by atoms with van der Waals surface area (Å²) in [4.78, 5) is 11.7. The second-order valence-electron chi connectivity index (χ2n) is 3.68. The summed E-state index contributed by atoms with van der Waals surface area (Å²) in [5.74, 6) is -0.448. The maximum Gasteiger partial charge on any atom is 0.338 e. The number of nitrogens with zero attached hydrogens (tertiary/aromatic N) is 2. The first-order chi connectivity index (χ1) is 8.65. The molecule has 0 aliphatic carbocycles. The zero-order chi connectivity index (χ0) is 13.0. The van der Waals surface area contributed by atoms with Crippen LogP contribution in [-0.2, 0) is 11.3 Å². The predicted molar refractivity (Wildman–Crippen MR) is 68.4 cm³/mol. The van der Waals surface area contributed by atoms with E-state index in [2.05, 4.69) is 5.10 Å². The molecule has 18 heavy (non-hydrogen) atoms. The van der Waals surface area contributed by atoms with Crippen LogP contribution in [0.2, 0.25) is 5.02 Å². The van der Waals surface area contributed by atoms with Crippen molar-refractivity contribution in [1.82, 2.24) is 9.78 Å². The van der Waals surface area contributed by atoms with Gasteiger partial charge in [-0.25, -0.2) is 4.79 Å². The summed E-state index contributed by atoms with van der Waals surface area (Å²) in [6, 6.07) is 6.43. The van der Waals surface area contributed by atoms with E-state index in [0.29, 0.717) is 22.8 Å². The largest absolute Gasteiger partial charge is 0.460 e. The van der Waals surface area contributed by atoms with Gasteiger partial charge in [0.1, 0.15) is 6.61 Å². The Balaban J connectivity index is 1.91. The van der Waals surface area contributed by atoms with Gasteiger partial charge in [-0.3, -0.25) is 4.68 Å². The zero-order valence-corrected chi connectivity index (χ0v) is 10.3. The number of nitrogen functional groups attached to an aromatic ring is 1. The lowest BCUT2D eigenvalue weighted by Gasteiger charge is -2.06. The third-order valence-electron chi connectivity index (χ3n) is 2.27. The van der Waals surface area contributed by atoms with E-state index >= 15 is 0 Å². The van der Waals surface area contributed by atoms with Gasteiger partial charge in [-0.15, -0.1) is 0 Å². The summed E-state index contributed by atoms with van der Waals surface area (Å²) < 4.78 is 6.78. The topological polar surface area (TPSA) is 70.1 Å². The third kappa shape index (κ3) is 3.24. The van der Waals surface area contributed by atoms with E-state index < -0.39 is 5.97 Å². The molecule has 94 valence electrons. The molecule has 6 heteroatoms. The molecule has 2 rings (SSSR count). The molecular formula is C12H12ClN3O2. The Kier molecular flexibility index (Phi) is 3.84. The van der Waals surface area contributed by atoms with Gasteiger partial charge in [0.2, 0.25) is 0 Å². The molecule has 0 bridgehead atoms. The van der Waals surface area contributed by atoms with Crippen molar-refractivity contribution in [3.8, 4) is 0 Å². The number of hydrogen-bond donors (Lipinski definition) is 1. The Hall–Kier alpha value is -2.01. The van der Waals surface area contributed by atoms with Gasteiger partial charge < -0.3 is 10.5 Å².